The Kier molecular flexibility index (Phi) is 4.48. The number of hydrogen-bond donors (Lipinski definition) is 1. The van der Waals surface area contributed by atoms with E-state index in [4.69, 9.17) is 11.6 Å². The van der Waals surface area contributed by atoms with Crippen molar-refractivity contribution in [2.24, 2.45) is 5.92 Å². The summed E-state index contributed by atoms with van der Waals surface area (Å²) in [6, 6.07) is 5.21. The molecule has 18 heavy (non-hydrogen) atoms. The molecule has 4 nitrogen and oxygen atoms in total. The molecule has 2 atom stereocenters. The Morgan fingerprint density at radius 1 is 1.56 bits per heavy atom. The largest absolute Gasteiger partial charge is 0.316 e. The van der Waals surface area contributed by atoms with Crippen molar-refractivity contribution in [3.63, 3.8) is 0 Å². The summed E-state index contributed by atoms with van der Waals surface area (Å²) in [5.74, 6) is 2.53. The van der Waals surface area contributed by atoms with E-state index in [0.717, 1.165) is 17.1 Å². The molecule has 1 aliphatic rings. The molecule has 0 saturated carbocycles. The molecule has 0 amide bonds. The van der Waals surface area contributed by atoms with Crippen molar-refractivity contribution in [1.29, 1.82) is 0 Å². The smallest absolute Gasteiger partial charge is 0.272 e. The van der Waals surface area contributed by atoms with E-state index >= 15 is 0 Å². The van der Waals surface area contributed by atoms with Crippen LogP contribution in [0.25, 0.3) is 0 Å². The minimum Gasteiger partial charge on any atom is -0.316 e. The highest BCUT2D eigenvalue weighted by Gasteiger charge is 2.28. The van der Waals surface area contributed by atoms with E-state index in [1.165, 1.54) is 6.07 Å². The van der Waals surface area contributed by atoms with Crippen LogP contribution >= 0.6 is 23.4 Å². The van der Waals surface area contributed by atoms with Crippen molar-refractivity contribution in [2.75, 3.05) is 18.6 Å². The summed E-state index contributed by atoms with van der Waals surface area (Å²) in [4.78, 5) is 10.7. The van der Waals surface area contributed by atoms with Gasteiger partial charge in [0.2, 0.25) is 0 Å². The number of hydrogen-bond acceptors (Lipinski definition) is 4. The van der Waals surface area contributed by atoms with Gasteiger partial charge in [-0.25, -0.2) is 0 Å². The van der Waals surface area contributed by atoms with Crippen molar-refractivity contribution in [1.82, 2.24) is 5.32 Å². The van der Waals surface area contributed by atoms with E-state index in [0.29, 0.717) is 23.4 Å². The van der Waals surface area contributed by atoms with Crippen LogP contribution in [0.2, 0.25) is 5.02 Å². The zero-order valence-corrected chi connectivity index (χ0v) is 11.6. The normalized spacial score (nSPS) is 23.2. The molecule has 0 aromatic heterocycles. The number of benzene rings is 1. The van der Waals surface area contributed by atoms with Crippen LogP contribution in [0.3, 0.4) is 0 Å². The molecule has 2 rings (SSSR count). The predicted molar refractivity (Wildman–Crippen MR) is 75.5 cm³/mol. The van der Waals surface area contributed by atoms with Gasteiger partial charge in [-0.1, -0.05) is 11.6 Å². The van der Waals surface area contributed by atoms with Crippen LogP contribution < -0.4 is 5.32 Å². The maximum Gasteiger partial charge on any atom is 0.272 e. The van der Waals surface area contributed by atoms with Gasteiger partial charge in [0.05, 0.1) is 4.92 Å². The number of thioether (sulfide) groups is 1. The zero-order valence-electron chi connectivity index (χ0n) is 10.1. The fourth-order valence-corrected chi connectivity index (χ4v) is 3.97. The Morgan fingerprint density at radius 3 is 3.00 bits per heavy atom. The monoisotopic (exact) mass is 286 g/mol. The summed E-state index contributed by atoms with van der Waals surface area (Å²) in [6.45, 7) is 0. The Bertz CT molecular complexity index is 456. The number of halogens is 1. The lowest BCUT2D eigenvalue weighted by Crippen LogP contribution is -2.33. The highest BCUT2D eigenvalue weighted by Crippen LogP contribution is 2.31. The molecule has 0 bridgehead atoms. The second-order valence-electron chi connectivity index (χ2n) is 4.43. The maximum absolute atomic E-state index is 11.0. The Hall–Kier alpha value is -0.780. The molecule has 1 heterocycles. The molecule has 2 unspecified atom stereocenters. The van der Waals surface area contributed by atoms with Gasteiger partial charge in [-0.05, 0) is 37.3 Å². The van der Waals surface area contributed by atoms with Gasteiger partial charge >= 0.3 is 0 Å². The quantitative estimate of drug-likeness (QED) is 0.683. The number of rotatable bonds is 4. The van der Waals surface area contributed by atoms with Crippen LogP contribution in [0.1, 0.15) is 5.56 Å². The van der Waals surface area contributed by atoms with E-state index in [1.54, 1.807) is 12.1 Å². The van der Waals surface area contributed by atoms with Crippen molar-refractivity contribution >= 4 is 29.1 Å². The van der Waals surface area contributed by atoms with Crippen molar-refractivity contribution in [3.8, 4) is 0 Å². The average molecular weight is 287 g/mol. The van der Waals surface area contributed by atoms with Gasteiger partial charge in [-0.2, -0.15) is 11.8 Å². The lowest BCUT2D eigenvalue weighted by atomic mass is 9.94. The maximum atomic E-state index is 11.0. The molecule has 1 aliphatic heterocycles. The zero-order chi connectivity index (χ0) is 13.1. The van der Waals surface area contributed by atoms with Gasteiger partial charge in [-0.15, -0.1) is 0 Å². The standard InChI is InChI=1S/C12H15ClN2O2S/c1-14-11-7-18-6-9(11)4-8-5-10(13)2-3-12(8)15(16)17/h2-3,5,9,11,14H,4,6-7H2,1H3. The number of nitro benzene ring substituents is 1. The first kappa shape index (κ1) is 13.6. The third-order valence-corrected chi connectivity index (χ3v) is 4.78. The first-order chi connectivity index (χ1) is 8.61. The van der Waals surface area contributed by atoms with Gasteiger partial charge in [0.25, 0.3) is 5.69 Å². The molecule has 98 valence electrons. The summed E-state index contributed by atoms with van der Waals surface area (Å²) in [5, 5.41) is 14.8. The van der Waals surface area contributed by atoms with E-state index < -0.39 is 0 Å². The van der Waals surface area contributed by atoms with Crippen molar-refractivity contribution < 1.29 is 4.92 Å². The Balaban J connectivity index is 2.22. The molecule has 1 saturated heterocycles. The first-order valence-electron chi connectivity index (χ1n) is 5.79. The predicted octanol–water partition coefficient (Wildman–Crippen LogP) is 2.74. The lowest BCUT2D eigenvalue weighted by Gasteiger charge is -2.17. The summed E-state index contributed by atoms with van der Waals surface area (Å²) < 4.78 is 0. The van der Waals surface area contributed by atoms with Crippen molar-refractivity contribution in [3.05, 3.63) is 38.9 Å². The van der Waals surface area contributed by atoms with Crippen LogP contribution in [0.5, 0.6) is 0 Å². The summed E-state index contributed by atoms with van der Waals surface area (Å²) in [7, 11) is 1.94. The topological polar surface area (TPSA) is 55.2 Å². The Morgan fingerprint density at radius 2 is 2.33 bits per heavy atom. The van der Waals surface area contributed by atoms with Crippen LogP contribution in [0.15, 0.2) is 18.2 Å². The SMILES string of the molecule is CNC1CSCC1Cc1cc(Cl)ccc1[N+](=O)[O-]. The first-order valence-corrected chi connectivity index (χ1v) is 7.33. The molecule has 0 radical (unpaired) electrons. The highest BCUT2D eigenvalue weighted by atomic mass is 35.5. The molecule has 1 aromatic carbocycles. The molecule has 1 aromatic rings. The summed E-state index contributed by atoms with van der Waals surface area (Å²) >= 11 is 7.82. The third-order valence-electron chi connectivity index (χ3n) is 3.29. The number of nitro groups is 1. The van der Waals surface area contributed by atoms with Crippen LogP contribution in [0.4, 0.5) is 5.69 Å². The second kappa shape index (κ2) is 5.91. The van der Waals surface area contributed by atoms with Crippen molar-refractivity contribution in [2.45, 2.75) is 12.5 Å². The molecule has 1 fully saturated rings. The minimum absolute atomic E-state index is 0.172. The van der Waals surface area contributed by atoms with Crippen LogP contribution in [-0.4, -0.2) is 29.5 Å². The third kappa shape index (κ3) is 2.96. The highest BCUT2D eigenvalue weighted by molar-refractivity contribution is 7.99. The lowest BCUT2D eigenvalue weighted by molar-refractivity contribution is -0.385. The molecule has 6 heteroatoms. The fraction of sp³-hybridized carbons (Fsp3) is 0.500. The second-order valence-corrected chi connectivity index (χ2v) is 5.94. The van der Waals surface area contributed by atoms with Gasteiger partial charge in [0, 0.05) is 28.4 Å². The molecule has 0 spiro atoms. The van der Waals surface area contributed by atoms with Crippen LogP contribution in [-0.2, 0) is 6.42 Å². The van der Waals surface area contributed by atoms with E-state index in [9.17, 15) is 10.1 Å². The van der Waals surface area contributed by atoms with Crippen LogP contribution in [0, 0.1) is 16.0 Å². The molecular formula is C12H15ClN2O2S. The van der Waals surface area contributed by atoms with E-state index in [-0.39, 0.29) is 10.6 Å². The number of nitrogens with zero attached hydrogens (tertiary/aromatic N) is 1. The molecular weight excluding hydrogens is 272 g/mol. The minimum atomic E-state index is -0.331. The number of nitrogens with one attached hydrogen (secondary N) is 1. The Labute approximate surface area is 115 Å². The average Bonchev–Trinajstić information content (AvgIpc) is 2.76. The molecule has 0 aliphatic carbocycles. The van der Waals surface area contributed by atoms with E-state index in [2.05, 4.69) is 5.32 Å². The summed E-state index contributed by atoms with van der Waals surface area (Å²) in [6.07, 6.45) is 0.704. The fourth-order valence-electron chi connectivity index (χ4n) is 2.30. The van der Waals surface area contributed by atoms with E-state index in [1.807, 2.05) is 18.8 Å². The van der Waals surface area contributed by atoms with Gasteiger partial charge in [0.1, 0.15) is 0 Å². The molecule has 1 N–H and O–H groups in total. The summed E-state index contributed by atoms with van der Waals surface area (Å²) in [5.41, 5.74) is 0.909. The van der Waals surface area contributed by atoms with Gasteiger partial charge < -0.3 is 5.32 Å². The van der Waals surface area contributed by atoms with Gasteiger partial charge in [-0.3, -0.25) is 10.1 Å². The van der Waals surface area contributed by atoms with Gasteiger partial charge in [0.15, 0.2) is 0 Å².